The van der Waals surface area contributed by atoms with Gasteiger partial charge < -0.3 is 14.7 Å². The van der Waals surface area contributed by atoms with Crippen LogP contribution in [0.3, 0.4) is 0 Å². The standard InChI is InChI=1S/C34H45ClN2O5S/c1-22-16-24-6-5-14-34(39,19-24)30-12-9-27(30)20-37-15-4-3-7-25-17-29(35)11-8-28(25)21-42-32-13-10-26(18-31(32)37)33(38)36-43(40,41)23(22)2/h8,10-11,13,17-18,22-24,27,30,39H,3-7,9,12,14-16,19-21H2,1-2H3,(H,36,38)/t22-,23+,24+,27-,30+,34-/m0/s1. The Morgan fingerprint density at radius 2 is 1.88 bits per heavy atom. The van der Waals surface area contributed by atoms with Gasteiger partial charge in [0.1, 0.15) is 12.4 Å². The maximum absolute atomic E-state index is 13.4. The average molecular weight is 629 g/mol. The number of sulfonamides is 1. The Morgan fingerprint density at radius 3 is 2.67 bits per heavy atom. The summed E-state index contributed by atoms with van der Waals surface area (Å²) < 4.78 is 35.6. The fourth-order valence-electron chi connectivity index (χ4n) is 8.10. The molecule has 2 heterocycles. The highest BCUT2D eigenvalue weighted by Crippen LogP contribution is 2.51. The number of hydrogen-bond acceptors (Lipinski definition) is 6. The number of anilines is 1. The second-order valence-corrected chi connectivity index (χ2v) is 16.2. The number of nitrogens with one attached hydrogen (secondary N) is 1. The van der Waals surface area contributed by atoms with Crippen LogP contribution in [-0.4, -0.2) is 43.4 Å². The lowest BCUT2D eigenvalue weighted by Gasteiger charge is -2.52. The quantitative estimate of drug-likeness (QED) is 0.346. The smallest absolute Gasteiger partial charge is 0.264 e. The minimum absolute atomic E-state index is 0.142. The molecule has 2 N–H and O–H groups in total. The first-order chi connectivity index (χ1) is 20.5. The number of aryl methyl sites for hydroxylation is 1. The van der Waals surface area contributed by atoms with Crippen molar-refractivity contribution in [3.05, 3.63) is 58.1 Å². The molecule has 4 aliphatic rings. The van der Waals surface area contributed by atoms with Crippen LogP contribution in [0.4, 0.5) is 5.69 Å². The van der Waals surface area contributed by atoms with Crippen LogP contribution in [0.25, 0.3) is 0 Å². The van der Waals surface area contributed by atoms with Gasteiger partial charge in [0.15, 0.2) is 0 Å². The van der Waals surface area contributed by atoms with Crippen LogP contribution >= 0.6 is 11.6 Å². The second kappa shape index (κ2) is 12.2. The van der Waals surface area contributed by atoms with Crippen molar-refractivity contribution in [3.63, 3.8) is 0 Å². The lowest BCUT2D eigenvalue weighted by atomic mass is 9.58. The first-order valence-corrected chi connectivity index (χ1v) is 18.0. The lowest BCUT2D eigenvalue weighted by Crippen LogP contribution is -2.53. The number of carbonyl (C=O) groups is 1. The zero-order chi connectivity index (χ0) is 30.4. The van der Waals surface area contributed by atoms with Crippen LogP contribution in [0.2, 0.25) is 5.02 Å². The fourth-order valence-corrected chi connectivity index (χ4v) is 9.58. The van der Waals surface area contributed by atoms with Gasteiger partial charge in [-0.2, -0.15) is 0 Å². The summed E-state index contributed by atoms with van der Waals surface area (Å²) in [5.74, 6) is 0.753. The van der Waals surface area contributed by atoms with Crippen LogP contribution in [0.15, 0.2) is 36.4 Å². The predicted octanol–water partition coefficient (Wildman–Crippen LogP) is 6.50. The van der Waals surface area contributed by atoms with Crippen molar-refractivity contribution in [2.45, 2.75) is 95.5 Å². The zero-order valence-corrected chi connectivity index (χ0v) is 26.9. The van der Waals surface area contributed by atoms with Gasteiger partial charge in [-0.25, -0.2) is 13.1 Å². The third-order valence-electron chi connectivity index (χ3n) is 10.9. The Kier molecular flexibility index (Phi) is 8.75. The number of nitrogens with zero attached hydrogens (tertiary/aromatic N) is 1. The van der Waals surface area contributed by atoms with E-state index in [0.717, 1.165) is 88.5 Å². The first-order valence-electron chi connectivity index (χ1n) is 16.1. The Balaban J connectivity index is 1.39. The Morgan fingerprint density at radius 1 is 1.05 bits per heavy atom. The number of ether oxygens (including phenoxy) is 1. The van der Waals surface area contributed by atoms with E-state index >= 15 is 0 Å². The molecular weight excluding hydrogens is 584 g/mol. The molecule has 7 nitrogen and oxygen atoms in total. The van der Waals surface area contributed by atoms with E-state index < -0.39 is 26.8 Å². The number of fused-ring (bicyclic) bond motifs is 6. The van der Waals surface area contributed by atoms with Gasteiger partial charge in [-0.05, 0) is 123 Å². The number of aliphatic hydroxyl groups is 1. The fraction of sp³-hybridized carbons (Fsp3) is 0.618. The lowest BCUT2D eigenvalue weighted by molar-refractivity contribution is -0.116. The molecular formula is C34H45ClN2O5S. The monoisotopic (exact) mass is 628 g/mol. The summed E-state index contributed by atoms with van der Waals surface area (Å²) in [4.78, 5) is 15.8. The molecule has 0 saturated heterocycles. The summed E-state index contributed by atoms with van der Waals surface area (Å²) in [6, 6.07) is 11.2. The molecule has 0 unspecified atom stereocenters. The second-order valence-electron chi connectivity index (χ2n) is 13.7. The summed E-state index contributed by atoms with van der Waals surface area (Å²) in [6.45, 7) is 5.56. The largest absolute Gasteiger partial charge is 0.487 e. The zero-order valence-electron chi connectivity index (χ0n) is 25.4. The summed E-state index contributed by atoms with van der Waals surface area (Å²) in [7, 11) is -3.90. The van der Waals surface area contributed by atoms with Crippen LogP contribution < -0.4 is 14.4 Å². The Labute approximate surface area is 261 Å². The number of benzene rings is 2. The topological polar surface area (TPSA) is 95.9 Å². The summed E-state index contributed by atoms with van der Waals surface area (Å²) in [5, 5.41) is 12.1. The number of rotatable bonds is 0. The normalized spacial score (nSPS) is 33.0. The number of halogens is 1. The molecule has 0 spiro atoms. The predicted molar refractivity (Wildman–Crippen MR) is 170 cm³/mol. The van der Waals surface area contributed by atoms with Crippen molar-refractivity contribution < 1.29 is 23.1 Å². The molecule has 6 atom stereocenters. The van der Waals surface area contributed by atoms with Crippen molar-refractivity contribution in [2.75, 3.05) is 18.0 Å². The highest BCUT2D eigenvalue weighted by Gasteiger charge is 2.49. The van der Waals surface area contributed by atoms with Gasteiger partial charge in [-0.1, -0.05) is 37.4 Å². The third-order valence-corrected chi connectivity index (χ3v) is 13.0. The third kappa shape index (κ3) is 6.43. The molecule has 9 heteroatoms. The van der Waals surface area contributed by atoms with E-state index in [-0.39, 0.29) is 17.8 Å². The molecule has 0 radical (unpaired) electrons. The Bertz CT molecular complexity index is 1460. The van der Waals surface area contributed by atoms with Crippen LogP contribution in [0, 0.1) is 23.7 Å². The van der Waals surface area contributed by atoms with Gasteiger partial charge in [-0.15, -0.1) is 0 Å². The van der Waals surface area contributed by atoms with Gasteiger partial charge in [0.2, 0.25) is 10.0 Å². The molecule has 1 amide bonds. The average Bonchev–Trinajstić information content (AvgIpc) is 2.97. The van der Waals surface area contributed by atoms with E-state index in [1.807, 2.05) is 25.1 Å². The van der Waals surface area contributed by atoms with Crippen molar-refractivity contribution in [1.29, 1.82) is 0 Å². The summed E-state index contributed by atoms with van der Waals surface area (Å²) >= 11 is 6.33. The SMILES string of the molecule is C[C@@H]1[C@@H](C)C[C@H]2CCC[C@](O)(C2)[C@@H]2CC[C@H]2CN2CCCCc3cc(Cl)ccc3COc3ccc(cc32)C(=O)NS1(=O)=O. The van der Waals surface area contributed by atoms with Crippen molar-refractivity contribution >= 4 is 33.2 Å². The van der Waals surface area contributed by atoms with Crippen molar-refractivity contribution in [1.82, 2.24) is 4.72 Å². The van der Waals surface area contributed by atoms with E-state index in [9.17, 15) is 18.3 Å². The number of carbonyl (C=O) groups excluding carboxylic acids is 1. The number of hydrogen-bond donors (Lipinski definition) is 2. The van der Waals surface area contributed by atoms with E-state index in [4.69, 9.17) is 16.3 Å². The maximum atomic E-state index is 13.4. The molecule has 43 heavy (non-hydrogen) atoms. The molecule has 0 aromatic heterocycles. The van der Waals surface area contributed by atoms with Crippen LogP contribution in [-0.2, 0) is 23.1 Å². The molecule has 2 aromatic carbocycles. The van der Waals surface area contributed by atoms with Crippen molar-refractivity contribution in [2.24, 2.45) is 23.7 Å². The summed E-state index contributed by atoms with van der Waals surface area (Å²) in [5.41, 5.74) is 2.66. The molecule has 2 aliphatic carbocycles. The highest BCUT2D eigenvalue weighted by atomic mass is 35.5. The van der Waals surface area contributed by atoms with E-state index in [1.54, 1.807) is 25.1 Å². The minimum atomic E-state index is -3.90. The molecule has 2 aliphatic heterocycles. The van der Waals surface area contributed by atoms with Gasteiger partial charge in [-0.3, -0.25) is 4.79 Å². The van der Waals surface area contributed by atoms with E-state index in [2.05, 4.69) is 9.62 Å². The van der Waals surface area contributed by atoms with Crippen LogP contribution in [0.1, 0.15) is 93.1 Å². The highest BCUT2D eigenvalue weighted by molar-refractivity contribution is 7.90. The van der Waals surface area contributed by atoms with E-state index in [1.165, 1.54) is 5.56 Å². The molecule has 2 fully saturated rings. The molecule has 6 rings (SSSR count). The Hall–Kier alpha value is -2.29. The van der Waals surface area contributed by atoms with E-state index in [0.29, 0.717) is 28.9 Å². The molecule has 234 valence electrons. The molecule has 2 saturated carbocycles. The van der Waals surface area contributed by atoms with Crippen molar-refractivity contribution in [3.8, 4) is 5.75 Å². The molecule has 2 aromatic rings. The van der Waals surface area contributed by atoms with Gasteiger partial charge >= 0.3 is 0 Å². The minimum Gasteiger partial charge on any atom is -0.487 e. The van der Waals surface area contributed by atoms with Gasteiger partial charge in [0.25, 0.3) is 5.91 Å². The molecule has 4 bridgehead atoms. The van der Waals surface area contributed by atoms with Gasteiger partial charge in [0.05, 0.1) is 16.5 Å². The summed E-state index contributed by atoms with van der Waals surface area (Å²) in [6.07, 6.45) is 9.14. The first kappa shape index (κ1) is 30.7. The maximum Gasteiger partial charge on any atom is 0.264 e. The number of amides is 1. The van der Waals surface area contributed by atoms with Crippen LogP contribution in [0.5, 0.6) is 5.75 Å². The van der Waals surface area contributed by atoms with Gasteiger partial charge in [0, 0.05) is 23.7 Å².